The zero-order valence-electron chi connectivity index (χ0n) is 11.5. The molecule has 0 saturated heterocycles. The first kappa shape index (κ1) is 14.7. The van der Waals surface area contributed by atoms with Crippen LogP contribution < -0.4 is 0 Å². The lowest BCUT2D eigenvalue weighted by Crippen LogP contribution is -2.03. The molecule has 0 amide bonds. The van der Waals surface area contributed by atoms with Gasteiger partial charge < -0.3 is 0 Å². The number of halogens is 2. The minimum absolute atomic E-state index is 0.0913. The molecule has 0 spiro atoms. The van der Waals surface area contributed by atoms with Crippen molar-refractivity contribution >= 4 is 17.4 Å². The van der Waals surface area contributed by atoms with E-state index >= 15 is 0 Å². The van der Waals surface area contributed by atoms with Gasteiger partial charge in [0.2, 0.25) is 0 Å². The molecule has 2 aromatic rings. The first-order valence-electron chi connectivity index (χ1n) is 6.51. The first-order valence-corrected chi connectivity index (χ1v) is 6.89. The average Bonchev–Trinajstić information content (AvgIpc) is 2.36. The Bertz CT molecular complexity index is 629. The molecule has 2 rings (SSSR count). The van der Waals surface area contributed by atoms with E-state index in [1.165, 1.54) is 29.3 Å². The molecule has 0 saturated carbocycles. The summed E-state index contributed by atoms with van der Waals surface area (Å²) in [6.45, 7) is 4.07. The van der Waals surface area contributed by atoms with E-state index in [0.717, 1.165) is 5.56 Å². The lowest BCUT2D eigenvalue weighted by molar-refractivity contribution is 0.0982. The van der Waals surface area contributed by atoms with Crippen LogP contribution in [0, 0.1) is 19.7 Å². The van der Waals surface area contributed by atoms with Crippen molar-refractivity contribution in [2.45, 2.75) is 26.7 Å². The minimum Gasteiger partial charge on any atom is -0.294 e. The van der Waals surface area contributed by atoms with Crippen molar-refractivity contribution in [2.75, 3.05) is 0 Å². The maximum Gasteiger partial charge on any atom is 0.163 e. The monoisotopic (exact) mass is 290 g/mol. The summed E-state index contributed by atoms with van der Waals surface area (Å²) < 4.78 is 13.2. The standard InChI is InChI=1S/C17H16ClFO/c1-11-3-4-13(12(2)7-11)5-6-17(20)14-8-15(18)10-16(19)9-14/h3-4,7-10H,5-6H2,1-2H3. The molecule has 0 unspecified atom stereocenters. The molecule has 20 heavy (non-hydrogen) atoms. The zero-order chi connectivity index (χ0) is 14.7. The molecule has 0 aliphatic carbocycles. The van der Waals surface area contributed by atoms with Crippen LogP contribution in [0.1, 0.15) is 33.5 Å². The van der Waals surface area contributed by atoms with Crippen molar-refractivity contribution in [1.29, 1.82) is 0 Å². The summed E-state index contributed by atoms with van der Waals surface area (Å²) >= 11 is 5.76. The van der Waals surface area contributed by atoms with Crippen LogP contribution in [0.5, 0.6) is 0 Å². The third kappa shape index (κ3) is 3.67. The fourth-order valence-electron chi connectivity index (χ4n) is 2.23. The van der Waals surface area contributed by atoms with Gasteiger partial charge in [-0.1, -0.05) is 35.4 Å². The predicted octanol–water partition coefficient (Wildman–Crippen LogP) is 4.91. The van der Waals surface area contributed by atoms with Gasteiger partial charge in [0, 0.05) is 17.0 Å². The van der Waals surface area contributed by atoms with Crippen molar-refractivity contribution in [3.05, 3.63) is 69.5 Å². The van der Waals surface area contributed by atoms with Gasteiger partial charge in [0.05, 0.1) is 0 Å². The van der Waals surface area contributed by atoms with Gasteiger partial charge in [0.15, 0.2) is 5.78 Å². The molecule has 3 heteroatoms. The highest BCUT2D eigenvalue weighted by atomic mass is 35.5. The van der Waals surface area contributed by atoms with Crippen molar-refractivity contribution in [1.82, 2.24) is 0 Å². The Labute approximate surface area is 123 Å². The normalized spacial score (nSPS) is 10.6. The Hall–Kier alpha value is -1.67. The SMILES string of the molecule is Cc1ccc(CCC(=O)c2cc(F)cc(Cl)c2)c(C)c1. The van der Waals surface area contributed by atoms with E-state index in [-0.39, 0.29) is 10.8 Å². The van der Waals surface area contributed by atoms with Gasteiger partial charge in [-0.3, -0.25) is 4.79 Å². The fraction of sp³-hybridized carbons (Fsp3) is 0.235. The Morgan fingerprint density at radius 2 is 1.90 bits per heavy atom. The molecule has 0 aliphatic heterocycles. The number of benzene rings is 2. The van der Waals surface area contributed by atoms with Crippen LogP contribution in [0.4, 0.5) is 4.39 Å². The molecular weight excluding hydrogens is 275 g/mol. The largest absolute Gasteiger partial charge is 0.294 e. The molecule has 0 atom stereocenters. The van der Waals surface area contributed by atoms with E-state index in [1.807, 2.05) is 26.0 Å². The third-order valence-electron chi connectivity index (χ3n) is 3.30. The maximum absolute atomic E-state index is 13.2. The summed E-state index contributed by atoms with van der Waals surface area (Å²) in [4.78, 5) is 12.1. The van der Waals surface area contributed by atoms with Crippen molar-refractivity contribution in [2.24, 2.45) is 0 Å². The number of hydrogen-bond donors (Lipinski definition) is 0. The van der Waals surface area contributed by atoms with Gasteiger partial charge in [-0.05, 0) is 49.6 Å². The van der Waals surface area contributed by atoms with Crippen LogP contribution in [0.3, 0.4) is 0 Å². The van der Waals surface area contributed by atoms with E-state index in [9.17, 15) is 9.18 Å². The highest BCUT2D eigenvalue weighted by Crippen LogP contribution is 2.18. The minimum atomic E-state index is -0.479. The predicted molar refractivity (Wildman–Crippen MR) is 80.0 cm³/mol. The number of rotatable bonds is 4. The molecule has 2 aromatic carbocycles. The van der Waals surface area contributed by atoms with E-state index in [0.29, 0.717) is 18.4 Å². The Balaban J connectivity index is 2.08. The molecule has 0 radical (unpaired) electrons. The van der Waals surface area contributed by atoms with Crippen LogP contribution >= 0.6 is 11.6 Å². The van der Waals surface area contributed by atoms with Gasteiger partial charge >= 0.3 is 0 Å². The van der Waals surface area contributed by atoms with Crippen LogP contribution in [0.25, 0.3) is 0 Å². The van der Waals surface area contributed by atoms with Crippen molar-refractivity contribution in [3.63, 3.8) is 0 Å². The quantitative estimate of drug-likeness (QED) is 0.731. The third-order valence-corrected chi connectivity index (χ3v) is 3.52. The van der Waals surface area contributed by atoms with Gasteiger partial charge in [0.25, 0.3) is 0 Å². The molecule has 0 N–H and O–H groups in total. The summed E-state index contributed by atoms with van der Waals surface area (Å²) in [5.41, 5.74) is 3.86. The second-order valence-corrected chi connectivity index (χ2v) is 5.45. The van der Waals surface area contributed by atoms with E-state index in [4.69, 9.17) is 11.6 Å². The van der Waals surface area contributed by atoms with Gasteiger partial charge in [0.1, 0.15) is 5.82 Å². The topological polar surface area (TPSA) is 17.1 Å². The summed E-state index contributed by atoms with van der Waals surface area (Å²) in [5.74, 6) is -0.571. The Kier molecular flexibility index (Phi) is 4.56. The summed E-state index contributed by atoms with van der Waals surface area (Å²) in [6.07, 6.45) is 1.00. The maximum atomic E-state index is 13.2. The smallest absolute Gasteiger partial charge is 0.163 e. The second kappa shape index (κ2) is 6.19. The second-order valence-electron chi connectivity index (χ2n) is 5.01. The lowest BCUT2D eigenvalue weighted by Gasteiger charge is -2.07. The number of Topliss-reactive ketones (excluding diaryl/α,β-unsaturated/α-hetero) is 1. The van der Waals surface area contributed by atoms with Crippen LogP contribution in [-0.2, 0) is 6.42 Å². The average molecular weight is 291 g/mol. The molecule has 0 bridgehead atoms. The highest BCUT2D eigenvalue weighted by Gasteiger charge is 2.10. The number of ketones is 1. The molecule has 0 aromatic heterocycles. The van der Waals surface area contributed by atoms with Crippen LogP contribution in [0.15, 0.2) is 36.4 Å². The summed E-state index contributed by atoms with van der Waals surface area (Å²) in [5, 5.41) is 0.250. The zero-order valence-corrected chi connectivity index (χ0v) is 12.3. The summed E-state index contributed by atoms with van der Waals surface area (Å²) in [6, 6.07) is 10.1. The van der Waals surface area contributed by atoms with E-state index in [1.54, 1.807) is 0 Å². The first-order chi connectivity index (χ1) is 9.45. The van der Waals surface area contributed by atoms with E-state index < -0.39 is 5.82 Å². The fourth-order valence-corrected chi connectivity index (χ4v) is 2.46. The highest BCUT2D eigenvalue weighted by molar-refractivity contribution is 6.31. The molecule has 0 heterocycles. The van der Waals surface area contributed by atoms with Crippen LogP contribution in [-0.4, -0.2) is 5.78 Å². The van der Waals surface area contributed by atoms with E-state index in [2.05, 4.69) is 6.07 Å². The number of carbonyl (C=O) groups is 1. The number of aryl methyl sites for hydroxylation is 3. The molecule has 104 valence electrons. The van der Waals surface area contributed by atoms with Gasteiger partial charge in [-0.15, -0.1) is 0 Å². The molecule has 1 nitrogen and oxygen atoms in total. The van der Waals surface area contributed by atoms with Crippen LogP contribution in [0.2, 0.25) is 5.02 Å². The van der Waals surface area contributed by atoms with Gasteiger partial charge in [-0.2, -0.15) is 0 Å². The van der Waals surface area contributed by atoms with Gasteiger partial charge in [-0.25, -0.2) is 4.39 Å². The molecule has 0 aliphatic rings. The van der Waals surface area contributed by atoms with Crippen molar-refractivity contribution in [3.8, 4) is 0 Å². The summed E-state index contributed by atoms with van der Waals surface area (Å²) in [7, 11) is 0. The lowest BCUT2D eigenvalue weighted by atomic mass is 9.98. The number of carbonyl (C=O) groups excluding carboxylic acids is 1. The molecular formula is C17H16ClFO. The van der Waals surface area contributed by atoms with Crippen molar-refractivity contribution < 1.29 is 9.18 Å². The Morgan fingerprint density at radius 1 is 1.15 bits per heavy atom. The number of hydrogen-bond acceptors (Lipinski definition) is 1. The molecule has 0 fully saturated rings. The Morgan fingerprint density at radius 3 is 2.55 bits per heavy atom.